The van der Waals surface area contributed by atoms with Crippen molar-refractivity contribution < 1.29 is 19.5 Å². The molecule has 1 heterocycles. The fourth-order valence-corrected chi connectivity index (χ4v) is 7.24. The van der Waals surface area contributed by atoms with Gasteiger partial charge in [0.25, 0.3) is 5.91 Å². The summed E-state index contributed by atoms with van der Waals surface area (Å²) in [6.45, 7) is 0. The predicted molar refractivity (Wildman–Crippen MR) is 115 cm³/mol. The minimum atomic E-state index is -0.907. The molecule has 7 heteroatoms. The summed E-state index contributed by atoms with van der Waals surface area (Å²) in [6, 6.07) is 0.207. The van der Waals surface area contributed by atoms with Gasteiger partial charge in [-0.3, -0.25) is 14.4 Å². The molecule has 2 bridgehead atoms. The lowest BCUT2D eigenvalue weighted by atomic mass is 9.82. The van der Waals surface area contributed by atoms with E-state index >= 15 is 0 Å². The molecule has 0 saturated heterocycles. The number of aryl methyl sites for hydroxylation is 1. The van der Waals surface area contributed by atoms with Gasteiger partial charge in [-0.2, -0.15) is 0 Å². The third-order valence-corrected chi connectivity index (χ3v) is 8.58. The summed E-state index contributed by atoms with van der Waals surface area (Å²) in [6.07, 6.45) is 13.0. The van der Waals surface area contributed by atoms with Crippen LogP contribution in [-0.4, -0.2) is 28.9 Å². The van der Waals surface area contributed by atoms with Crippen molar-refractivity contribution in [3.05, 3.63) is 28.2 Å². The standard InChI is InChI=1S/C23H28N2O4S/c26-20(17-12-9-10-13(11-12)18(17)23(28)29)25-22-19(15-7-4-8-16(15)30-22)21(27)24-14-5-2-1-3-6-14/h9-10,12-14,17-18H,1-8,11H2,(H,24,27)(H,25,26)(H,28,29)/t12-,13-,17+,18+/m0/s1. The van der Waals surface area contributed by atoms with Gasteiger partial charge in [-0.15, -0.1) is 11.3 Å². The number of carboxylic acids is 1. The Balaban J connectivity index is 1.38. The first kappa shape index (κ1) is 19.8. The summed E-state index contributed by atoms with van der Waals surface area (Å²) in [5.74, 6) is -2.58. The summed E-state index contributed by atoms with van der Waals surface area (Å²) >= 11 is 1.50. The number of aliphatic carboxylic acids is 1. The maximum atomic E-state index is 13.2. The van der Waals surface area contributed by atoms with Gasteiger partial charge in [-0.05, 0) is 55.9 Å². The van der Waals surface area contributed by atoms with E-state index in [-0.39, 0.29) is 29.7 Å². The van der Waals surface area contributed by atoms with Gasteiger partial charge in [0, 0.05) is 10.9 Å². The molecule has 160 valence electrons. The van der Waals surface area contributed by atoms with Crippen LogP contribution in [0.1, 0.15) is 65.7 Å². The van der Waals surface area contributed by atoms with Crippen LogP contribution in [0, 0.1) is 23.7 Å². The van der Waals surface area contributed by atoms with E-state index in [1.165, 1.54) is 22.6 Å². The molecule has 4 aliphatic carbocycles. The van der Waals surface area contributed by atoms with E-state index in [9.17, 15) is 19.5 Å². The fraction of sp³-hybridized carbons (Fsp3) is 0.609. The van der Waals surface area contributed by atoms with Crippen molar-refractivity contribution in [3.8, 4) is 0 Å². The second-order valence-electron chi connectivity index (χ2n) is 9.20. The van der Waals surface area contributed by atoms with Crippen molar-refractivity contribution in [1.29, 1.82) is 0 Å². The fourth-order valence-electron chi connectivity index (χ4n) is 5.95. The monoisotopic (exact) mass is 428 g/mol. The van der Waals surface area contributed by atoms with Crippen LogP contribution < -0.4 is 10.6 Å². The second-order valence-corrected chi connectivity index (χ2v) is 10.3. The molecule has 2 fully saturated rings. The molecular formula is C23H28N2O4S. The van der Waals surface area contributed by atoms with Crippen molar-refractivity contribution in [1.82, 2.24) is 5.32 Å². The van der Waals surface area contributed by atoms with Crippen molar-refractivity contribution in [2.75, 3.05) is 5.32 Å². The molecule has 2 saturated carbocycles. The van der Waals surface area contributed by atoms with E-state index in [2.05, 4.69) is 10.6 Å². The van der Waals surface area contributed by atoms with Gasteiger partial charge in [-0.25, -0.2) is 0 Å². The van der Waals surface area contributed by atoms with Gasteiger partial charge in [-0.1, -0.05) is 31.4 Å². The van der Waals surface area contributed by atoms with Crippen molar-refractivity contribution in [2.45, 2.75) is 63.8 Å². The van der Waals surface area contributed by atoms with Gasteiger partial charge in [0.2, 0.25) is 5.91 Å². The molecule has 3 N–H and O–H groups in total. The van der Waals surface area contributed by atoms with Crippen LogP contribution in [0.4, 0.5) is 5.00 Å². The Morgan fingerprint density at radius 3 is 2.43 bits per heavy atom. The molecule has 5 rings (SSSR count). The lowest BCUT2D eigenvalue weighted by molar-refractivity contribution is -0.146. The average molecular weight is 429 g/mol. The molecule has 6 nitrogen and oxygen atoms in total. The summed E-state index contributed by atoms with van der Waals surface area (Å²) in [5, 5.41) is 16.5. The number of carbonyl (C=O) groups is 3. The summed E-state index contributed by atoms with van der Waals surface area (Å²) in [5.41, 5.74) is 1.70. The molecule has 30 heavy (non-hydrogen) atoms. The van der Waals surface area contributed by atoms with Gasteiger partial charge in [0.05, 0.1) is 17.4 Å². The Hall–Kier alpha value is -2.15. The highest BCUT2D eigenvalue weighted by Gasteiger charge is 2.51. The quantitative estimate of drug-likeness (QED) is 0.622. The largest absolute Gasteiger partial charge is 0.481 e. The van der Waals surface area contributed by atoms with Crippen LogP contribution in [0.2, 0.25) is 0 Å². The Kier molecular flexibility index (Phi) is 5.17. The van der Waals surface area contributed by atoms with Gasteiger partial charge in [0.15, 0.2) is 0 Å². The van der Waals surface area contributed by atoms with E-state index in [0.717, 1.165) is 56.9 Å². The minimum Gasteiger partial charge on any atom is -0.481 e. The maximum Gasteiger partial charge on any atom is 0.307 e. The molecule has 0 aliphatic heterocycles. The van der Waals surface area contributed by atoms with E-state index in [1.54, 1.807) is 0 Å². The SMILES string of the molecule is O=C(NC1CCCCC1)c1c(NC(=O)[C@H]2[C@H](C(=O)O)[C@H]3C=C[C@H]2C3)sc2c1CCC2. The zero-order valence-corrected chi connectivity index (χ0v) is 17.8. The number of allylic oxidation sites excluding steroid dienone is 2. The molecule has 4 aliphatic rings. The van der Waals surface area contributed by atoms with Crippen LogP contribution in [0.3, 0.4) is 0 Å². The van der Waals surface area contributed by atoms with E-state index in [1.807, 2.05) is 12.2 Å². The molecule has 1 aromatic heterocycles. The molecule has 4 atom stereocenters. The highest BCUT2D eigenvalue weighted by molar-refractivity contribution is 7.17. The molecule has 0 radical (unpaired) electrons. The first-order valence-electron chi connectivity index (χ1n) is 11.2. The van der Waals surface area contributed by atoms with Gasteiger partial charge < -0.3 is 15.7 Å². The number of amides is 2. The van der Waals surface area contributed by atoms with Crippen molar-refractivity contribution in [2.24, 2.45) is 23.7 Å². The van der Waals surface area contributed by atoms with Crippen molar-refractivity contribution >= 4 is 34.1 Å². The zero-order valence-electron chi connectivity index (χ0n) is 17.0. The highest BCUT2D eigenvalue weighted by Crippen LogP contribution is 2.49. The number of carboxylic acid groups (broad SMARTS) is 1. The molecule has 1 aromatic rings. The third kappa shape index (κ3) is 3.37. The van der Waals surface area contributed by atoms with Crippen LogP contribution in [0.5, 0.6) is 0 Å². The van der Waals surface area contributed by atoms with E-state index < -0.39 is 17.8 Å². The number of nitrogens with one attached hydrogen (secondary N) is 2. The summed E-state index contributed by atoms with van der Waals surface area (Å²) < 4.78 is 0. The van der Waals surface area contributed by atoms with E-state index in [0.29, 0.717) is 10.6 Å². The topological polar surface area (TPSA) is 95.5 Å². The number of fused-ring (bicyclic) bond motifs is 3. The molecular weight excluding hydrogens is 400 g/mol. The molecule has 0 aromatic carbocycles. The van der Waals surface area contributed by atoms with Gasteiger partial charge in [0.1, 0.15) is 5.00 Å². The highest BCUT2D eigenvalue weighted by atomic mass is 32.1. The second kappa shape index (κ2) is 7.84. The smallest absolute Gasteiger partial charge is 0.307 e. The number of hydrogen-bond acceptors (Lipinski definition) is 4. The van der Waals surface area contributed by atoms with Crippen LogP contribution in [0.15, 0.2) is 12.2 Å². The number of carbonyl (C=O) groups excluding carboxylic acids is 2. The maximum absolute atomic E-state index is 13.2. The molecule has 0 unspecified atom stereocenters. The average Bonchev–Trinajstić information content (AvgIpc) is 3.48. The summed E-state index contributed by atoms with van der Waals surface area (Å²) in [4.78, 5) is 39.3. The summed E-state index contributed by atoms with van der Waals surface area (Å²) in [7, 11) is 0. The van der Waals surface area contributed by atoms with Crippen molar-refractivity contribution in [3.63, 3.8) is 0 Å². The van der Waals surface area contributed by atoms with Crippen LogP contribution >= 0.6 is 11.3 Å². The first-order chi connectivity index (χ1) is 14.5. The predicted octanol–water partition coefficient (Wildman–Crippen LogP) is 3.76. The Labute approximate surface area is 180 Å². The van der Waals surface area contributed by atoms with Crippen LogP contribution in [0.25, 0.3) is 0 Å². The first-order valence-corrected chi connectivity index (χ1v) is 12.0. The molecule has 0 spiro atoms. The lowest BCUT2D eigenvalue weighted by Gasteiger charge is -2.24. The minimum absolute atomic E-state index is 0.0255. The van der Waals surface area contributed by atoms with Gasteiger partial charge >= 0.3 is 5.97 Å². The Morgan fingerprint density at radius 1 is 0.967 bits per heavy atom. The normalized spacial score (nSPS) is 29.7. The third-order valence-electron chi connectivity index (χ3n) is 7.37. The zero-order chi connectivity index (χ0) is 20.8. The Morgan fingerprint density at radius 2 is 1.70 bits per heavy atom. The number of rotatable bonds is 5. The lowest BCUT2D eigenvalue weighted by Crippen LogP contribution is -2.38. The number of anilines is 1. The molecule has 2 amide bonds. The number of hydrogen-bond donors (Lipinski definition) is 3. The van der Waals surface area contributed by atoms with E-state index in [4.69, 9.17) is 0 Å². The van der Waals surface area contributed by atoms with Crippen LogP contribution in [-0.2, 0) is 22.4 Å². The number of thiophene rings is 1. The Bertz CT molecular complexity index is 915.